The first-order valence-corrected chi connectivity index (χ1v) is 12.6. The third-order valence-corrected chi connectivity index (χ3v) is 5.58. The highest BCUT2D eigenvalue weighted by Gasteiger charge is 2.08. The molecule has 0 unspecified atom stereocenters. The summed E-state index contributed by atoms with van der Waals surface area (Å²) >= 11 is 0. The Kier molecular flexibility index (Phi) is 13.1. The number of carbonyl (C=O) groups excluding carboxylic acids is 1. The van der Waals surface area contributed by atoms with E-state index in [4.69, 9.17) is 4.74 Å². The number of ether oxygens (including phenoxy) is 1. The molecule has 0 spiro atoms. The molecule has 0 radical (unpaired) electrons. The van der Waals surface area contributed by atoms with Gasteiger partial charge in [0.2, 0.25) is 11.8 Å². The number of hydrogen-bond acceptors (Lipinski definition) is 3. The summed E-state index contributed by atoms with van der Waals surface area (Å²) in [7, 11) is 0. The van der Waals surface area contributed by atoms with Gasteiger partial charge in [-0.3, -0.25) is 4.79 Å². The van der Waals surface area contributed by atoms with Crippen LogP contribution in [0.5, 0.6) is 5.88 Å². The second-order valence-corrected chi connectivity index (χ2v) is 8.47. The average Bonchev–Trinajstić information content (AvgIpc) is 2.81. The van der Waals surface area contributed by atoms with E-state index in [2.05, 4.69) is 29.0 Å². The zero-order chi connectivity index (χ0) is 22.9. The number of benzene rings is 1. The van der Waals surface area contributed by atoms with Crippen LogP contribution in [-0.2, 0) is 4.79 Å². The van der Waals surface area contributed by atoms with Crippen molar-refractivity contribution in [2.45, 2.75) is 97.3 Å². The maximum Gasteiger partial charge on any atom is 0.246 e. The predicted molar refractivity (Wildman–Crippen MR) is 131 cm³/mol. The molecule has 32 heavy (non-hydrogen) atoms. The number of nitrogens with one attached hydrogen (secondary N) is 1. The summed E-state index contributed by atoms with van der Waals surface area (Å²) in [5.41, 5.74) is 1.60. The Morgan fingerprint density at radius 2 is 1.50 bits per heavy atom. The Morgan fingerprint density at radius 1 is 0.875 bits per heavy atom. The van der Waals surface area contributed by atoms with E-state index in [0.29, 0.717) is 30.0 Å². The zero-order valence-electron chi connectivity index (χ0n) is 20.1. The summed E-state index contributed by atoms with van der Waals surface area (Å²) in [6.45, 7) is 5.08. The third kappa shape index (κ3) is 10.3. The first-order chi connectivity index (χ1) is 15.7. The Hall–Kier alpha value is -2.43. The molecule has 5 nitrogen and oxygen atoms in total. The van der Waals surface area contributed by atoms with Gasteiger partial charge in [-0.1, -0.05) is 108 Å². The van der Waals surface area contributed by atoms with Crippen LogP contribution in [0.1, 0.15) is 97.3 Å². The molecule has 1 N–H and O–H groups in total. The Labute approximate surface area is 193 Å². The van der Waals surface area contributed by atoms with E-state index in [0.717, 1.165) is 24.8 Å². The van der Waals surface area contributed by atoms with E-state index in [1.165, 1.54) is 57.8 Å². The van der Waals surface area contributed by atoms with Crippen LogP contribution in [0, 0.1) is 0 Å². The number of aromatic nitrogens is 2. The Morgan fingerprint density at radius 3 is 2.19 bits per heavy atom. The van der Waals surface area contributed by atoms with Gasteiger partial charge in [-0.2, -0.15) is 5.10 Å². The molecule has 0 bridgehead atoms. The molecular formula is C27H41N3O2. The van der Waals surface area contributed by atoms with Crippen molar-refractivity contribution in [3.8, 4) is 17.1 Å². The zero-order valence-corrected chi connectivity index (χ0v) is 20.1. The molecular weight excluding hydrogens is 398 g/mol. The summed E-state index contributed by atoms with van der Waals surface area (Å²) in [6, 6.07) is 11.6. The lowest BCUT2D eigenvalue weighted by atomic mass is 10.1. The molecule has 0 atom stereocenters. The monoisotopic (exact) mass is 439 g/mol. The standard InChI is InChI=1S/C27H41N3O2/c1-3-5-7-9-11-16-20-25(31)28-24-22-26(32-21-17-12-10-8-6-4-2)29-30-27(24)23-18-14-13-15-19-23/h13-15,18-19,22H,3-12,16-17,20-21H2,1-2H3,(H,28,29,31). The largest absolute Gasteiger partial charge is 0.478 e. The fourth-order valence-corrected chi connectivity index (χ4v) is 3.67. The van der Waals surface area contributed by atoms with Gasteiger partial charge in [0.25, 0.3) is 0 Å². The SMILES string of the molecule is CCCCCCCCOc1cc(=NC(=O)CCCCCCCC)c(-c2ccccc2)n[nH]1. The molecule has 1 heterocycles. The summed E-state index contributed by atoms with van der Waals surface area (Å²) in [4.78, 5) is 16.9. The molecule has 2 aromatic rings. The minimum Gasteiger partial charge on any atom is -0.478 e. The van der Waals surface area contributed by atoms with Gasteiger partial charge in [0.1, 0.15) is 11.1 Å². The third-order valence-electron chi connectivity index (χ3n) is 5.58. The van der Waals surface area contributed by atoms with Crippen LogP contribution >= 0.6 is 0 Å². The van der Waals surface area contributed by atoms with Gasteiger partial charge in [0.15, 0.2) is 0 Å². The molecule has 176 valence electrons. The van der Waals surface area contributed by atoms with Crippen LogP contribution in [0.2, 0.25) is 0 Å². The molecule has 0 fully saturated rings. The minimum absolute atomic E-state index is 0.0902. The van der Waals surface area contributed by atoms with Crippen molar-refractivity contribution in [3.05, 3.63) is 41.8 Å². The highest BCUT2D eigenvalue weighted by molar-refractivity contribution is 5.77. The number of unbranched alkanes of at least 4 members (excludes halogenated alkanes) is 10. The quantitative estimate of drug-likeness (QED) is 0.286. The molecule has 0 saturated carbocycles. The molecule has 0 aliphatic carbocycles. The van der Waals surface area contributed by atoms with Crippen molar-refractivity contribution in [1.82, 2.24) is 10.2 Å². The lowest BCUT2D eigenvalue weighted by Gasteiger charge is -2.08. The lowest BCUT2D eigenvalue weighted by molar-refractivity contribution is -0.118. The van der Waals surface area contributed by atoms with Gasteiger partial charge >= 0.3 is 0 Å². The van der Waals surface area contributed by atoms with Gasteiger partial charge in [-0.15, -0.1) is 0 Å². The molecule has 0 saturated heterocycles. The van der Waals surface area contributed by atoms with Crippen LogP contribution in [0.3, 0.4) is 0 Å². The highest BCUT2D eigenvalue weighted by Crippen LogP contribution is 2.14. The van der Waals surface area contributed by atoms with Crippen molar-refractivity contribution >= 4 is 5.91 Å². The van der Waals surface area contributed by atoms with Gasteiger partial charge in [0, 0.05) is 18.1 Å². The van der Waals surface area contributed by atoms with Gasteiger partial charge < -0.3 is 4.74 Å². The fraction of sp³-hybridized carbons (Fsp3) is 0.593. The van der Waals surface area contributed by atoms with Crippen molar-refractivity contribution in [1.29, 1.82) is 0 Å². The normalized spacial score (nSPS) is 11.6. The molecule has 1 amide bonds. The first kappa shape index (κ1) is 25.8. The second-order valence-electron chi connectivity index (χ2n) is 8.47. The van der Waals surface area contributed by atoms with E-state index in [-0.39, 0.29) is 5.91 Å². The summed E-state index contributed by atoms with van der Waals surface area (Å²) < 4.78 is 5.87. The smallest absolute Gasteiger partial charge is 0.246 e. The van der Waals surface area contributed by atoms with Crippen molar-refractivity contribution in [2.24, 2.45) is 4.99 Å². The number of nitrogens with zero attached hydrogens (tertiary/aromatic N) is 2. The van der Waals surface area contributed by atoms with Gasteiger partial charge in [0.05, 0.1) is 6.61 Å². The van der Waals surface area contributed by atoms with Gasteiger partial charge in [-0.25, -0.2) is 10.1 Å². The van der Waals surface area contributed by atoms with Crippen LogP contribution in [0.25, 0.3) is 11.3 Å². The van der Waals surface area contributed by atoms with Crippen LogP contribution < -0.4 is 10.1 Å². The molecule has 0 aliphatic heterocycles. The van der Waals surface area contributed by atoms with Crippen molar-refractivity contribution < 1.29 is 9.53 Å². The number of H-pyrrole nitrogens is 1. The van der Waals surface area contributed by atoms with Crippen molar-refractivity contribution in [3.63, 3.8) is 0 Å². The van der Waals surface area contributed by atoms with Gasteiger partial charge in [-0.05, 0) is 12.8 Å². The van der Waals surface area contributed by atoms with E-state index in [1.54, 1.807) is 0 Å². The van der Waals surface area contributed by atoms with E-state index < -0.39 is 0 Å². The van der Waals surface area contributed by atoms with Crippen LogP contribution in [-0.4, -0.2) is 22.7 Å². The van der Waals surface area contributed by atoms with Crippen LogP contribution in [0.4, 0.5) is 0 Å². The maximum atomic E-state index is 12.5. The summed E-state index contributed by atoms with van der Waals surface area (Å²) in [5, 5.41) is 8.04. The lowest BCUT2D eigenvalue weighted by Crippen LogP contribution is -2.14. The molecule has 2 rings (SSSR count). The second kappa shape index (κ2) is 16.2. The number of carbonyl (C=O) groups is 1. The average molecular weight is 440 g/mol. The summed E-state index contributed by atoms with van der Waals surface area (Å²) in [5.74, 6) is 0.469. The topological polar surface area (TPSA) is 67.3 Å². The summed E-state index contributed by atoms with van der Waals surface area (Å²) in [6.07, 6.45) is 14.7. The molecule has 0 aliphatic rings. The fourth-order valence-electron chi connectivity index (χ4n) is 3.67. The molecule has 1 aromatic heterocycles. The number of rotatable bonds is 16. The number of hydrogen-bond donors (Lipinski definition) is 1. The van der Waals surface area contributed by atoms with E-state index >= 15 is 0 Å². The van der Waals surface area contributed by atoms with Crippen LogP contribution in [0.15, 0.2) is 41.4 Å². The first-order valence-electron chi connectivity index (χ1n) is 12.6. The molecule has 1 aromatic carbocycles. The minimum atomic E-state index is -0.0902. The Bertz CT molecular complexity index is 830. The highest BCUT2D eigenvalue weighted by atomic mass is 16.5. The predicted octanol–water partition coefficient (Wildman–Crippen LogP) is 6.99. The number of aromatic amines is 1. The molecule has 5 heteroatoms. The van der Waals surface area contributed by atoms with Crippen molar-refractivity contribution in [2.75, 3.05) is 6.61 Å². The number of amides is 1. The Balaban J connectivity index is 2.00. The van der Waals surface area contributed by atoms with E-state index in [1.807, 2.05) is 36.4 Å². The van der Waals surface area contributed by atoms with E-state index in [9.17, 15) is 4.79 Å². The maximum absolute atomic E-state index is 12.5.